The molecule has 0 spiro atoms. The van der Waals surface area contributed by atoms with Crippen LogP contribution in [-0.2, 0) is 17.7 Å². The van der Waals surface area contributed by atoms with E-state index in [0.29, 0.717) is 6.61 Å². The SMILES string of the molecule is O=C1NC2CCN(Cc3ccccc3)CC2(Cc2ccccc2)CO1. The van der Waals surface area contributed by atoms with Crippen LogP contribution >= 0.6 is 0 Å². The first kappa shape index (κ1) is 16.2. The molecule has 2 saturated heterocycles. The van der Waals surface area contributed by atoms with Crippen LogP contribution in [0.25, 0.3) is 0 Å². The lowest BCUT2D eigenvalue weighted by molar-refractivity contribution is -0.0354. The number of carbonyl (C=O) groups excluding carboxylic acids is 1. The van der Waals surface area contributed by atoms with Gasteiger partial charge in [-0.25, -0.2) is 4.79 Å². The Balaban J connectivity index is 1.55. The molecular formula is C21H24N2O2. The van der Waals surface area contributed by atoms with E-state index in [9.17, 15) is 4.79 Å². The minimum atomic E-state index is -0.273. The molecule has 1 amide bonds. The predicted octanol–water partition coefficient (Wildman–Crippen LogP) is 3.23. The van der Waals surface area contributed by atoms with Gasteiger partial charge in [0.1, 0.15) is 6.61 Å². The highest BCUT2D eigenvalue weighted by Gasteiger charge is 2.48. The summed E-state index contributed by atoms with van der Waals surface area (Å²) in [6, 6.07) is 21.3. The standard InChI is InChI=1S/C21H24N2O2/c24-20-22-19-11-12-23(14-18-9-5-2-6-10-18)15-21(19,16-25-20)13-17-7-3-1-4-8-17/h1-10,19H,11-16H2,(H,22,24). The van der Waals surface area contributed by atoms with E-state index in [1.54, 1.807) is 0 Å². The normalized spacial score (nSPS) is 26.4. The number of piperidine rings is 1. The van der Waals surface area contributed by atoms with E-state index in [2.05, 4.69) is 64.8 Å². The number of fused-ring (bicyclic) bond motifs is 1. The largest absolute Gasteiger partial charge is 0.449 e. The van der Waals surface area contributed by atoms with Gasteiger partial charge in [-0.05, 0) is 24.0 Å². The number of nitrogens with one attached hydrogen (secondary N) is 1. The van der Waals surface area contributed by atoms with Crippen molar-refractivity contribution in [3.8, 4) is 0 Å². The molecule has 4 heteroatoms. The van der Waals surface area contributed by atoms with E-state index < -0.39 is 0 Å². The number of ether oxygens (including phenoxy) is 1. The van der Waals surface area contributed by atoms with E-state index in [1.807, 2.05) is 6.07 Å². The smallest absolute Gasteiger partial charge is 0.407 e. The molecule has 4 rings (SSSR count). The minimum Gasteiger partial charge on any atom is -0.449 e. The number of hydrogen-bond donors (Lipinski definition) is 1. The molecule has 4 nitrogen and oxygen atoms in total. The lowest BCUT2D eigenvalue weighted by Crippen LogP contribution is -2.64. The zero-order valence-electron chi connectivity index (χ0n) is 14.4. The van der Waals surface area contributed by atoms with Gasteiger partial charge in [0.05, 0.1) is 0 Å². The van der Waals surface area contributed by atoms with Crippen molar-refractivity contribution in [2.45, 2.75) is 25.4 Å². The summed E-state index contributed by atoms with van der Waals surface area (Å²) in [6.07, 6.45) is 1.61. The first-order valence-electron chi connectivity index (χ1n) is 8.97. The summed E-state index contributed by atoms with van der Waals surface area (Å²) in [5.41, 5.74) is 2.56. The number of amides is 1. The van der Waals surface area contributed by atoms with Gasteiger partial charge in [-0.15, -0.1) is 0 Å². The van der Waals surface area contributed by atoms with Crippen molar-refractivity contribution in [3.63, 3.8) is 0 Å². The Bertz CT molecular complexity index is 719. The highest BCUT2D eigenvalue weighted by molar-refractivity contribution is 5.68. The number of nitrogens with zero attached hydrogens (tertiary/aromatic N) is 1. The molecule has 1 N–H and O–H groups in total. The first-order valence-corrected chi connectivity index (χ1v) is 8.97. The van der Waals surface area contributed by atoms with E-state index in [-0.39, 0.29) is 17.6 Å². The van der Waals surface area contributed by atoms with Gasteiger partial charge in [0.15, 0.2) is 0 Å². The molecular weight excluding hydrogens is 312 g/mol. The second-order valence-corrected chi connectivity index (χ2v) is 7.28. The predicted molar refractivity (Wildman–Crippen MR) is 97.2 cm³/mol. The Labute approximate surface area is 148 Å². The number of carbonyl (C=O) groups is 1. The molecule has 130 valence electrons. The fourth-order valence-electron chi connectivity index (χ4n) is 4.23. The number of alkyl carbamates (subject to hydrolysis) is 1. The monoisotopic (exact) mass is 336 g/mol. The topological polar surface area (TPSA) is 41.6 Å². The molecule has 0 saturated carbocycles. The van der Waals surface area contributed by atoms with Crippen LogP contribution in [0, 0.1) is 5.41 Å². The fraction of sp³-hybridized carbons (Fsp3) is 0.381. The van der Waals surface area contributed by atoms with Crippen molar-refractivity contribution in [3.05, 3.63) is 71.8 Å². The molecule has 2 aliphatic rings. The third-order valence-electron chi connectivity index (χ3n) is 5.44. The molecule has 2 fully saturated rings. The molecule has 0 radical (unpaired) electrons. The van der Waals surface area contributed by atoms with Crippen molar-refractivity contribution in [1.82, 2.24) is 10.2 Å². The van der Waals surface area contributed by atoms with Gasteiger partial charge in [0.2, 0.25) is 0 Å². The highest BCUT2D eigenvalue weighted by atomic mass is 16.6. The molecule has 2 aromatic carbocycles. The van der Waals surface area contributed by atoms with Crippen LogP contribution in [0.15, 0.2) is 60.7 Å². The van der Waals surface area contributed by atoms with Crippen LogP contribution < -0.4 is 5.32 Å². The van der Waals surface area contributed by atoms with Gasteiger partial charge in [-0.3, -0.25) is 4.90 Å². The third kappa shape index (κ3) is 3.54. The van der Waals surface area contributed by atoms with Gasteiger partial charge in [-0.1, -0.05) is 60.7 Å². The molecule has 2 aliphatic heterocycles. The van der Waals surface area contributed by atoms with Crippen molar-refractivity contribution in [1.29, 1.82) is 0 Å². The van der Waals surface area contributed by atoms with Crippen LogP contribution in [0.2, 0.25) is 0 Å². The zero-order valence-corrected chi connectivity index (χ0v) is 14.4. The number of rotatable bonds is 4. The second kappa shape index (κ2) is 6.89. The van der Waals surface area contributed by atoms with Gasteiger partial charge in [-0.2, -0.15) is 0 Å². The van der Waals surface area contributed by atoms with Crippen LogP contribution in [0.4, 0.5) is 4.79 Å². The maximum atomic E-state index is 11.7. The lowest BCUT2D eigenvalue weighted by Gasteiger charge is -2.50. The Morgan fingerprint density at radius 1 is 1.04 bits per heavy atom. The lowest BCUT2D eigenvalue weighted by atomic mass is 9.71. The average molecular weight is 336 g/mol. The van der Waals surface area contributed by atoms with Gasteiger partial charge >= 0.3 is 6.09 Å². The summed E-state index contributed by atoms with van der Waals surface area (Å²) in [5, 5.41) is 3.08. The second-order valence-electron chi connectivity index (χ2n) is 7.28. The highest BCUT2D eigenvalue weighted by Crippen LogP contribution is 2.37. The zero-order chi connectivity index (χ0) is 17.1. The Kier molecular flexibility index (Phi) is 4.45. The molecule has 2 atom stereocenters. The van der Waals surface area contributed by atoms with Crippen molar-refractivity contribution < 1.29 is 9.53 Å². The van der Waals surface area contributed by atoms with Crippen molar-refractivity contribution >= 4 is 6.09 Å². The summed E-state index contributed by atoms with van der Waals surface area (Å²) in [7, 11) is 0. The van der Waals surface area contributed by atoms with Crippen LogP contribution in [0.5, 0.6) is 0 Å². The van der Waals surface area contributed by atoms with E-state index >= 15 is 0 Å². The van der Waals surface area contributed by atoms with Crippen LogP contribution in [0.1, 0.15) is 17.5 Å². The summed E-state index contributed by atoms with van der Waals surface area (Å²) in [5.74, 6) is 0. The summed E-state index contributed by atoms with van der Waals surface area (Å²) in [4.78, 5) is 14.2. The number of likely N-dealkylation sites (tertiary alicyclic amines) is 1. The first-order chi connectivity index (χ1) is 12.2. The van der Waals surface area contributed by atoms with Gasteiger partial charge in [0.25, 0.3) is 0 Å². The fourth-order valence-corrected chi connectivity index (χ4v) is 4.23. The summed E-state index contributed by atoms with van der Waals surface area (Å²) >= 11 is 0. The van der Waals surface area contributed by atoms with Gasteiger partial charge in [0, 0.05) is 31.1 Å². The Morgan fingerprint density at radius 2 is 1.72 bits per heavy atom. The van der Waals surface area contributed by atoms with Crippen LogP contribution in [-0.4, -0.2) is 36.7 Å². The molecule has 25 heavy (non-hydrogen) atoms. The number of benzene rings is 2. The molecule has 0 aromatic heterocycles. The van der Waals surface area contributed by atoms with E-state index in [1.165, 1.54) is 11.1 Å². The maximum Gasteiger partial charge on any atom is 0.407 e. The number of hydrogen-bond acceptors (Lipinski definition) is 3. The molecule has 2 aromatic rings. The molecule has 2 heterocycles. The molecule has 0 bridgehead atoms. The maximum absolute atomic E-state index is 11.7. The van der Waals surface area contributed by atoms with E-state index in [4.69, 9.17) is 4.74 Å². The Hall–Kier alpha value is -2.33. The van der Waals surface area contributed by atoms with Crippen molar-refractivity contribution in [2.24, 2.45) is 5.41 Å². The minimum absolute atomic E-state index is 0.0672. The number of cyclic esters (lactones) is 1. The molecule has 2 unspecified atom stereocenters. The summed E-state index contributed by atoms with van der Waals surface area (Å²) < 4.78 is 5.44. The molecule has 0 aliphatic carbocycles. The van der Waals surface area contributed by atoms with Gasteiger partial charge < -0.3 is 10.1 Å². The average Bonchev–Trinajstić information content (AvgIpc) is 2.64. The summed E-state index contributed by atoms with van der Waals surface area (Å²) in [6.45, 7) is 3.36. The van der Waals surface area contributed by atoms with Crippen molar-refractivity contribution in [2.75, 3.05) is 19.7 Å². The Morgan fingerprint density at radius 3 is 2.44 bits per heavy atom. The van der Waals surface area contributed by atoms with Crippen LogP contribution in [0.3, 0.4) is 0 Å². The van der Waals surface area contributed by atoms with E-state index in [0.717, 1.165) is 32.5 Å². The quantitative estimate of drug-likeness (QED) is 0.932. The third-order valence-corrected chi connectivity index (χ3v) is 5.44.